The number of ether oxygens (including phenoxy) is 2. The van der Waals surface area contributed by atoms with Crippen molar-refractivity contribution in [3.05, 3.63) is 75.4 Å². The van der Waals surface area contributed by atoms with Gasteiger partial charge in [-0.3, -0.25) is 9.59 Å². The maximum atomic E-state index is 13.8. The molecule has 4 aromatic rings. The number of aromatic nitrogens is 1. The van der Waals surface area contributed by atoms with E-state index >= 15 is 0 Å². The van der Waals surface area contributed by atoms with Crippen molar-refractivity contribution in [3.8, 4) is 22.6 Å². The first-order valence-corrected chi connectivity index (χ1v) is 10.2. The van der Waals surface area contributed by atoms with Crippen LogP contribution in [0.15, 0.2) is 62.3 Å². The highest BCUT2D eigenvalue weighted by atomic mass is 35.5. The smallest absolute Gasteiger partial charge is 0.450 e. The number of alkyl halides is 3. The third-order valence-electron chi connectivity index (χ3n) is 4.84. The number of hydrogen-bond donors (Lipinski definition) is 0. The Kier molecular flexibility index (Phi) is 6.34. The molecule has 2 heterocycles. The minimum absolute atomic E-state index is 0.0202. The van der Waals surface area contributed by atoms with Crippen molar-refractivity contribution in [2.24, 2.45) is 0 Å². The third kappa shape index (κ3) is 4.91. The fourth-order valence-electron chi connectivity index (χ4n) is 3.27. The highest BCUT2D eigenvalue weighted by molar-refractivity contribution is 6.29. The molecule has 11 heteroatoms. The lowest BCUT2D eigenvalue weighted by Gasteiger charge is -2.13. The molecule has 0 saturated carbocycles. The first kappa shape index (κ1) is 23.4. The van der Waals surface area contributed by atoms with Gasteiger partial charge in [-0.2, -0.15) is 13.2 Å². The van der Waals surface area contributed by atoms with Crippen LogP contribution >= 0.6 is 11.6 Å². The molecule has 0 radical (unpaired) electrons. The molecule has 0 N–H and O–H groups in total. The minimum atomic E-state index is -4.95. The number of carbonyl (C=O) groups excluding carboxylic acids is 1. The highest BCUT2D eigenvalue weighted by Gasteiger charge is 2.39. The molecule has 4 rings (SSSR count). The van der Waals surface area contributed by atoms with Crippen molar-refractivity contribution in [2.45, 2.75) is 19.0 Å². The van der Waals surface area contributed by atoms with Gasteiger partial charge in [-0.15, -0.1) is 0 Å². The molecule has 0 aliphatic carbocycles. The van der Waals surface area contributed by atoms with Crippen molar-refractivity contribution in [3.63, 3.8) is 0 Å². The summed E-state index contributed by atoms with van der Waals surface area (Å²) in [6.45, 7) is 0. The first-order chi connectivity index (χ1) is 16.2. The Morgan fingerprint density at radius 1 is 1.09 bits per heavy atom. The first-order valence-electron chi connectivity index (χ1n) is 9.80. The second kappa shape index (κ2) is 9.22. The van der Waals surface area contributed by atoms with Gasteiger partial charge in [0.1, 0.15) is 22.8 Å². The summed E-state index contributed by atoms with van der Waals surface area (Å²) in [5.41, 5.74) is -1.86. The molecule has 7 nitrogen and oxygen atoms in total. The lowest BCUT2D eigenvalue weighted by Crippen LogP contribution is -2.16. The van der Waals surface area contributed by atoms with E-state index in [4.69, 9.17) is 30.0 Å². The van der Waals surface area contributed by atoms with E-state index in [-0.39, 0.29) is 40.3 Å². The molecular weight excluding hydrogens is 479 g/mol. The number of benzene rings is 2. The molecule has 2 aromatic carbocycles. The predicted molar refractivity (Wildman–Crippen MR) is 115 cm³/mol. The van der Waals surface area contributed by atoms with Crippen molar-refractivity contribution in [2.75, 3.05) is 7.11 Å². The molecule has 0 saturated heterocycles. The van der Waals surface area contributed by atoms with Gasteiger partial charge in [0, 0.05) is 18.6 Å². The SMILES string of the molecule is COc1ccc(-c2c(C(F)(F)F)oc3cc(OC(=O)CCc4cc(Cl)no4)ccc3c2=O)cc1. The number of aryl methyl sites for hydroxylation is 1. The Hall–Kier alpha value is -3.79. The number of halogens is 4. The van der Waals surface area contributed by atoms with Crippen molar-refractivity contribution >= 4 is 28.5 Å². The number of rotatable bonds is 6. The van der Waals surface area contributed by atoms with Crippen LogP contribution in [0.2, 0.25) is 5.15 Å². The quantitative estimate of drug-likeness (QED) is 0.252. The highest BCUT2D eigenvalue weighted by Crippen LogP contribution is 2.38. The van der Waals surface area contributed by atoms with Crippen LogP contribution < -0.4 is 14.9 Å². The molecule has 0 aliphatic rings. The number of hydrogen-bond acceptors (Lipinski definition) is 7. The van der Waals surface area contributed by atoms with E-state index in [1.54, 1.807) is 0 Å². The van der Waals surface area contributed by atoms with Crippen LogP contribution in [0, 0.1) is 0 Å². The van der Waals surface area contributed by atoms with E-state index in [1.807, 2.05) is 0 Å². The van der Waals surface area contributed by atoms with Crippen LogP contribution in [0.4, 0.5) is 13.2 Å². The molecular formula is C23H15ClF3NO6. The Morgan fingerprint density at radius 3 is 2.41 bits per heavy atom. The average Bonchev–Trinajstić information content (AvgIpc) is 3.22. The molecule has 0 spiro atoms. The van der Waals surface area contributed by atoms with Crippen LogP contribution in [0.3, 0.4) is 0 Å². The second-order valence-corrected chi connectivity index (χ2v) is 7.50. The number of methoxy groups -OCH3 is 1. The normalized spacial score (nSPS) is 11.6. The summed E-state index contributed by atoms with van der Waals surface area (Å²) in [5, 5.41) is 3.52. The monoisotopic (exact) mass is 493 g/mol. The van der Waals surface area contributed by atoms with Gasteiger partial charge in [0.25, 0.3) is 0 Å². The second-order valence-electron chi connectivity index (χ2n) is 7.11. The predicted octanol–water partition coefficient (Wildman–Crippen LogP) is 5.67. The lowest BCUT2D eigenvalue weighted by molar-refractivity contribution is -0.152. The topological polar surface area (TPSA) is 91.8 Å². The molecule has 0 bridgehead atoms. The van der Waals surface area contributed by atoms with Gasteiger partial charge in [-0.05, 0) is 29.8 Å². The number of fused-ring (bicyclic) bond motifs is 1. The van der Waals surface area contributed by atoms with E-state index in [2.05, 4.69) is 5.16 Å². The Balaban J connectivity index is 1.67. The summed E-state index contributed by atoms with van der Waals surface area (Å²) >= 11 is 5.64. The van der Waals surface area contributed by atoms with Gasteiger partial charge < -0.3 is 18.4 Å². The zero-order valence-electron chi connectivity index (χ0n) is 17.4. The van der Waals surface area contributed by atoms with Crippen molar-refractivity contribution < 1.29 is 36.4 Å². The summed E-state index contributed by atoms with van der Waals surface area (Å²) in [4.78, 5) is 25.1. The van der Waals surface area contributed by atoms with E-state index in [1.165, 1.54) is 49.6 Å². The van der Waals surface area contributed by atoms with Gasteiger partial charge in [-0.1, -0.05) is 28.9 Å². The van der Waals surface area contributed by atoms with E-state index in [9.17, 15) is 22.8 Å². The molecule has 0 aliphatic heterocycles. The van der Waals surface area contributed by atoms with Gasteiger partial charge in [0.05, 0.1) is 24.5 Å². The molecule has 34 heavy (non-hydrogen) atoms. The summed E-state index contributed by atoms with van der Waals surface area (Å²) in [5.74, 6) is -1.43. The molecule has 0 fully saturated rings. The van der Waals surface area contributed by atoms with Gasteiger partial charge >= 0.3 is 12.1 Å². The van der Waals surface area contributed by atoms with E-state index in [0.717, 1.165) is 6.07 Å². The van der Waals surface area contributed by atoms with E-state index in [0.29, 0.717) is 11.5 Å². The zero-order chi connectivity index (χ0) is 24.5. The molecule has 0 unspecified atom stereocenters. The fraction of sp³-hybridized carbons (Fsp3) is 0.174. The number of nitrogens with zero attached hydrogens (tertiary/aromatic N) is 1. The Labute approximate surface area is 194 Å². The molecule has 176 valence electrons. The number of carbonyl (C=O) groups is 1. The van der Waals surface area contributed by atoms with Crippen LogP contribution in [-0.2, 0) is 17.4 Å². The molecule has 2 aromatic heterocycles. The van der Waals surface area contributed by atoms with Crippen LogP contribution in [-0.4, -0.2) is 18.2 Å². The Morgan fingerprint density at radius 2 is 1.79 bits per heavy atom. The fourth-order valence-corrected chi connectivity index (χ4v) is 3.43. The van der Waals surface area contributed by atoms with Crippen LogP contribution in [0.1, 0.15) is 17.9 Å². The van der Waals surface area contributed by atoms with Crippen LogP contribution in [0.5, 0.6) is 11.5 Å². The van der Waals surface area contributed by atoms with E-state index < -0.39 is 28.9 Å². The Bertz CT molecular complexity index is 1410. The summed E-state index contributed by atoms with van der Waals surface area (Å²) in [6.07, 6.45) is -4.89. The lowest BCUT2D eigenvalue weighted by atomic mass is 10.0. The maximum absolute atomic E-state index is 13.8. The largest absolute Gasteiger partial charge is 0.497 e. The molecule has 0 atom stereocenters. The minimum Gasteiger partial charge on any atom is -0.497 e. The summed E-state index contributed by atoms with van der Waals surface area (Å²) < 4.78 is 61.6. The standard InChI is InChI=1S/C23H15ClF3NO6/c1-31-13-4-2-12(3-5-13)20-21(30)16-8-6-14(10-17(16)33-22(20)23(25,26)27)32-19(29)9-7-15-11-18(24)28-34-15/h2-6,8,10-11H,7,9H2,1H3. The average molecular weight is 494 g/mol. The third-order valence-corrected chi connectivity index (χ3v) is 5.02. The number of esters is 1. The van der Waals surface area contributed by atoms with Gasteiger partial charge in [0.15, 0.2) is 5.15 Å². The zero-order valence-corrected chi connectivity index (χ0v) is 18.2. The van der Waals surface area contributed by atoms with Crippen molar-refractivity contribution in [1.29, 1.82) is 0 Å². The van der Waals surface area contributed by atoms with Crippen molar-refractivity contribution in [1.82, 2.24) is 5.16 Å². The molecule has 0 amide bonds. The summed E-state index contributed by atoms with van der Waals surface area (Å²) in [6, 6.07) is 10.6. The van der Waals surface area contributed by atoms with Crippen LogP contribution in [0.25, 0.3) is 22.1 Å². The summed E-state index contributed by atoms with van der Waals surface area (Å²) in [7, 11) is 1.41. The van der Waals surface area contributed by atoms with Gasteiger partial charge in [-0.25, -0.2) is 0 Å². The maximum Gasteiger partial charge on any atom is 0.450 e. The van der Waals surface area contributed by atoms with Gasteiger partial charge in [0.2, 0.25) is 11.2 Å².